The van der Waals surface area contributed by atoms with E-state index in [1.54, 1.807) is 12.1 Å². The third-order valence-electron chi connectivity index (χ3n) is 3.22. The molecule has 1 heterocycles. The van der Waals surface area contributed by atoms with E-state index in [1.807, 2.05) is 37.3 Å². The molecule has 3 aromatic rings. The smallest absolute Gasteiger partial charge is 0.139 e. The normalized spacial score (nSPS) is 10.1. The molecule has 0 spiro atoms. The van der Waals surface area contributed by atoms with Gasteiger partial charge in [0.15, 0.2) is 0 Å². The van der Waals surface area contributed by atoms with E-state index in [0.717, 1.165) is 35.0 Å². The van der Waals surface area contributed by atoms with E-state index in [9.17, 15) is 4.39 Å². The maximum atomic E-state index is 13.0. The molecule has 0 aliphatic carbocycles. The van der Waals surface area contributed by atoms with Crippen molar-refractivity contribution in [3.8, 4) is 22.6 Å². The van der Waals surface area contributed by atoms with Crippen LogP contribution in [0.4, 0.5) is 10.2 Å². The Kier molecular flexibility index (Phi) is 5.17. The van der Waals surface area contributed by atoms with Crippen LogP contribution in [0.25, 0.3) is 22.6 Å². The average molecular weight is 318 g/mol. The van der Waals surface area contributed by atoms with Crippen molar-refractivity contribution in [2.75, 3.05) is 11.9 Å². The first-order chi connectivity index (χ1) is 10.3. The van der Waals surface area contributed by atoms with Gasteiger partial charge in [0.05, 0.1) is 0 Å². The number of benzene rings is 2. The topological polar surface area (TPSA) is 40.7 Å². The third-order valence-corrected chi connectivity index (χ3v) is 3.22. The number of nitrogens with zero attached hydrogens (tertiary/aromatic N) is 1. The van der Waals surface area contributed by atoms with Gasteiger partial charge in [-0.15, -0.1) is 12.4 Å². The molecular formula is C17H17ClFN3. The molecule has 3 nitrogen and oxygen atoms in total. The van der Waals surface area contributed by atoms with Crippen LogP contribution in [-0.2, 0) is 0 Å². The van der Waals surface area contributed by atoms with Gasteiger partial charge in [-0.05, 0) is 31.2 Å². The van der Waals surface area contributed by atoms with Crippen LogP contribution in [0.3, 0.4) is 0 Å². The minimum atomic E-state index is -0.250. The summed E-state index contributed by atoms with van der Waals surface area (Å²) in [5.41, 5.74) is 2.77. The van der Waals surface area contributed by atoms with Crippen LogP contribution in [0.2, 0.25) is 0 Å². The number of H-pyrrole nitrogens is 1. The number of rotatable bonds is 4. The summed E-state index contributed by atoms with van der Waals surface area (Å²) in [6.07, 6.45) is 0. The lowest BCUT2D eigenvalue weighted by atomic mass is 10.1. The largest absolute Gasteiger partial charge is 0.370 e. The number of aromatic amines is 1. The minimum Gasteiger partial charge on any atom is -0.370 e. The summed E-state index contributed by atoms with van der Waals surface area (Å²) in [5.74, 6) is 1.35. The van der Waals surface area contributed by atoms with Crippen LogP contribution in [-0.4, -0.2) is 16.5 Å². The molecule has 0 saturated carbocycles. The predicted molar refractivity (Wildman–Crippen MR) is 90.8 cm³/mol. The second kappa shape index (κ2) is 7.09. The molecule has 0 aliphatic heterocycles. The van der Waals surface area contributed by atoms with E-state index in [1.165, 1.54) is 12.1 Å². The molecule has 0 unspecified atom stereocenters. The summed E-state index contributed by atoms with van der Waals surface area (Å²) in [7, 11) is 0. The monoisotopic (exact) mass is 317 g/mol. The highest BCUT2D eigenvalue weighted by atomic mass is 35.5. The van der Waals surface area contributed by atoms with E-state index < -0.39 is 0 Å². The first kappa shape index (κ1) is 16.0. The van der Waals surface area contributed by atoms with Crippen molar-refractivity contribution in [3.05, 3.63) is 60.4 Å². The van der Waals surface area contributed by atoms with Crippen LogP contribution < -0.4 is 5.32 Å². The third kappa shape index (κ3) is 3.28. The molecule has 3 rings (SSSR count). The lowest BCUT2D eigenvalue weighted by molar-refractivity contribution is 0.628. The Morgan fingerprint density at radius 2 is 1.68 bits per heavy atom. The maximum Gasteiger partial charge on any atom is 0.139 e. The van der Waals surface area contributed by atoms with Crippen LogP contribution in [0.5, 0.6) is 0 Å². The molecule has 2 N–H and O–H groups in total. The van der Waals surface area contributed by atoms with Gasteiger partial charge in [-0.2, -0.15) is 0 Å². The highest BCUT2D eigenvalue weighted by molar-refractivity contribution is 5.85. The van der Waals surface area contributed by atoms with Gasteiger partial charge < -0.3 is 10.3 Å². The van der Waals surface area contributed by atoms with Gasteiger partial charge in [0.1, 0.15) is 23.2 Å². The molecule has 0 fully saturated rings. The fourth-order valence-electron chi connectivity index (χ4n) is 2.23. The second-order valence-corrected chi connectivity index (χ2v) is 4.71. The molecule has 1 aromatic heterocycles. The van der Waals surface area contributed by atoms with Crippen molar-refractivity contribution in [2.45, 2.75) is 6.92 Å². The van der Waals surface area contributed by atoms with E-state index in [-0.39, 0.29) is 18.2 Å². The van der Waals surface area contributed by atoms with Crippen molar-refractivity contribution in [2.24, 2.45) is 0 Å². The number of nitrogens with one attached hydrogen (secondary N) is 2. The van der Waals surface area contributed by atoms with Gasteiger partial charge >= 0.3 is 0 Å². The highest BCUT2D eigenvalue weighted by Crippen LogP contribution is 2.29. The average Bonchev–Trinajstić information content (AvgIpc) is 2.93. The molecule has 0 saturated heterocycles. The van der Waals surface area contributed by atoms with Crippen molar-refractivity contribution in [3.63, 3.8) is 0 Å². The Morgan fingerprint density at radius 3 is 2.32 bits per heavy atom. The number of aromatic nitrogens is 2. The van der Waals surface area contributed by atoms with Crippen molar-refractivity contribution < 1.29 is 4.39 Å². The van der Waals surface area contributed by atoms with Crippen LogP contribution in [0.15, 0.2) is 54.6 Å². The second-order valence-electron chi connectivity index (χ2n) is 4.71. The van der Waals surface area contributed by atoms with Crippen molar-refractivity contribution >= 4 is 18.2 Å². The molecule has 0 aliphatic rings. The van der Waals surface area contributed by atoms with Crippen LogP contribution in [0.1, 0.15) is 6.92 Å². The number of hydrogen-bond donors (Lipinski definition) is 2. The minimum absolute atomic E-state index is 0. The zero-order chi connectivity index (χ0) is 14.7. The van der Waals surface area contributed by atoms with Gasteiger partial charge in [0, 0.05) is 17.7 Å². The summed E-state index contributed by atoms with van der Waals surface area (Å²) in [6.45, 7) is 2.83. The summed E-state index contributed by atoms with van der Waals surface area (Å²) in [5, 5.41) is 3.28. The van der Waals surface area contributed by atoms with Crippen LogP contribution >= 0.6 is 12.4 Å². The van der Waals surface area contributed by atoms with Crippen molar-refractivity contribution in [1.29, 1.82) is 0 Å². The predicted octanol–water partition coefficient (Wildman–Crippen LogP) is 4.74. The quantitative estimate of drug-likeness (QED) is 0.730. The first-order valence-electron chi connectivity index (χ1n) is 6.93. The van der Waals surface area contributed by atoms with E-state index in [4.69, 9.17) is 0 Å². The molecule has 0 amide bonds. The molecule has 22 heavy (non-hydrogen) atoms. The Hall–Kier alpha value is -2.33. The van der Waals surface area contributed by atoms with Gasteiger partial charge in [-0.1, -0.05) is 30.3 Å². The lowest BCUT2D eigenvalue weighted by Crippen LogP contribution is -1.98. The Balaban J connectivity index is 0.00000176. The number of imidazole rings is 1. The van der Waals surface area contributed by atoms with E-state index in [0.29, 0.717) is 0 Å². The summed E-state index contributed by atoms with van der Waals surface area (Å²) in [4.78, 5) is 7.93. The zero-order valence-electron chi connectivity index (χ0n) is 12.1. The fraction of sp³-hybridized carbons (Fsp3) is 0.118. The summed E-state index contributed by atoms with van der Waals surface area (Å²) < 4.78 is 13.0. The summed E-state index contributed by atoms with van der Waals surface area (Å²) in [6, 6.07) is 16.3. The Morgan fingerprint density at radius 1 is 1.00 bits per heavy atom. The Bertz CT molecular complexity index is 723. The molecule has 114 valence electrons. The SMILES string of the molecule is CCNc1[nH]c(-c2ccc(F)cc2)nc1-c1ccccc1.Cl. The molecular weight excluding hydrogens is 301 g/mol. The number of halogens is 2. The number of hydrogen-bond acceptors (Lipinski definition) is 2. The maximum absolute atomic E-state index is 13.0. The van der Waals surface area contributed by atoms with Gasteiger partial charge in [-0.25, -0.2) is 9.37 Å². The first-order valence-corrected chi connectivity index (χ1v) is 6.93. The summed E-state index contributed by atoms with van der Waals surface area (Å²) >= 11 is 0. The number of anilines is 1. The standard InChI is InChI=1S/C17H16FN3.ClH/c1-2-19-17-15(12-6-4-3-5-7-12)20-16(21-17)13-8-10-14(18)11-9-13;/h3-11,19H,2H2,1H3,(H,20,21);1H. The molecule has 0 bridgehead atoms. The fourth-order valence-corrected chi connectivity index (χ4v) is 2.23. The molecule has 2 aromatic carbocycles. The van der Waals surface area contributed by atoms with Crippen molar-refractivity contribution in [1.82, 2.24) is 9.97 Å². The molecule has 5 heteroatoms. The molecule has 0 radical (unpaired) electrons. The Labute approximate surface area is 135 Å². The highest BCUT2D eigenvalue weighted by Gasteiger charge is 2.12. The van der Waals surface area contributed by atoms with Gasteiger partial charge in [0.2, 0.25) is 0 Å². The van der Waals surface area contributed by atoms with Gasteiger partial charge in [0.25, 0.3) is 0 Å². The van der Waals surface area contributed by atoms with Gasteiger partial charge in [-0.3, -0.25) is 0 Å². The molecule has 0 atom stereocenters. The lowest BCUT2D eigenvalue weighted by Gasteiger charge is -2.03. The van der Waals surface area contributed by atoms with E-state index >= 15 is 0 Å². The van der Waals surface area contributed by atoms with Crippen LogP contribution in [0, 0.1) is 5.82 Å². The zero-order valence-corrected chi connectivity index (χ0v) is 13.0. The van der Waals surface area contributed by atoms with E-state index in [2.05, 4.69) is 15.3 Å².